The quantitative estimate of drug-likeness (QED) is 0.301. The van der Waals surface area contributed by atoms with Gasteiger partial charge in [-0.15, -0.1) is 0 Å². The molecule has 2 aliphatic carbocycles. The maximum absolute atomic E-state index is 14.2. The van der Waals surface area contributed by atoms with Crippen molar-refractivity contribution in [2.24, 2.45) is 22.7 Å². The normalized spacial score (nSPS) is 28.7. The fourth-order valence-electron chi connectivity index (χ4n) is 6.79. The Morgan fingerprint density at radius 2 is 1.11 bits per heavy atom. The van der Waals surface area contributed by atoms with Crippen molar-refractivity contribution in [3.05, 3.63) is 106 Å². The minimum atomic E-state index is -1.20. The first-order chi connectivity index (χ1) is 17.2. The van der Waals surface area contributed by atoms with Crippen molar-refractivity contribution in [1.82, 2.24) is 0 Å². The van der Waals surface area contributed by atoms with E-state index in [0.29, 0.717) is 0 Å². The van der Waals surface area contributed by atoms with E-state index >= 15 is 0 Å². The highest BCUT2D eigenvalue weighted by Gasteiger charge is 2.78. The summed E-state index contributed by atoms with van der Waals surface area (Å²) in [5.41, 5.74) is 1.01. The molecule has 7 nitrogen and oxygen atoms in total. The number of ketones is 1. The smallest absolute Gasteiger partial charge is 0.269 e. The molecular formula is C29H22N2O5. The topological polar surface area (TPSA) is 97.6 Å². The Bertz CT molecular complexity index is 1410. The van der Waals surface area contributed by atoms with E-state index in [1.165, 1.54) is 24.3 Å². The van der Waals surface area contributed by atoms with Gasteiger partial charge in [0.05, 0.1) is 33.3 Å². The predicted octanol–water partition coefficient (Wildman–Crippen LogP) is 4.92. The van der Waals surface area contributed by atoms with Crippen molar-refractivity contribution in [3.63, 3.8) is 0 Å². The van der Waals surface area contributed by atoms with Gasteiger partial charge in [0.15, 0.2) is 5.78 Å². The second-order valence-electron chi connectivity index (χ2n) is 9.96. The molecule has 0 aromatic heterocycles. The molecule has 3 aliphatic rings. The summed E-state index contributed by atoms with van der Waals surface area (Å²) in [6.45, 7) is 3.59. The second-order valence-corrected chi connectivity index (χ2v) is 9.96. The number of carbonyl (C=O) groups is 3. The molecule has 1 saturated heterocycles. The van der Waals surface area contributed by atoms with Gasteiger partial charge in [0.25, 0.3) is 5.69 Å². The number of rotatable bonds is 4. The minimum absolute atomic E-state index is 0.118. The van der Waals surface area contributed by atoms with Crippen LogP contribution >= 0.6 is 0 Å². The number of nitro benzene ring substituents is 1. The van der Waals surface area contributed by atoms with Gasteiger partial charge >= 0.3 is 0 Å². The Labute approximate surface area is 207 Å². The number of amides is 2. The fourth-order valence-corrected chi connectivity index (χ4v) is 6.79. The van der Waals surface area contributed by atoms with Gasteiger partial charge in [-0.25, -0.2) is 4.90 Å². The predicted molar refractivity (Wildman–Crippen MR) is 133 cm³/mol. The van der Waals surface area contributed by atoms with Crippen LogP contribution in [0.1, 0.15) is 25.0 Å². The van der Waals surface area contributed by atoms with Crippen LogP contribution in [-0.2, 0) is 14.4 Å². The zero-order valence-electron chi connectivity index (χ0n) is 19.7. The number of anilines is 1. The van der Waals surface area contributed by atoms with Crippen LogP contribution in [0.5, 0.6) is 0 Å². The van der Waals surface area contributed by atoms with E-state index < -0.39 is 39.4 Å². The van der Waals surface area contributed by atoms with Crippen molar-refractivity contribution < 1.29 is 19.3 Å². The number of nitro groups is 1. The average Bonchev–Trinajstić information content (AvgIpc) is 3.34. The number of hydrogen-bond acceptors (Lipinski definition) is 5. The van der Waals surface area contributed by atoms with Gasteiger partial charge < -0.3 is 0 Å². The van der Waals surface area contributed by atoms with E-state index in [-0.39, 0.29) is 17.2 Å². The highest BCUT2D eigenvalue weighted by Crippen LogP contribution is 2.73. The number of hydrogen-bond donors (Lipinski definition) is 0. The molecule has 2 bridgehead atoms. The summed E-state index contributed by atoms with van der Waals surface area (Å²) in [5, 5.41) is 11.1. The summed E-state index contributed by atoms with van der Waals surface area (Å²) in [4.78, 5) is 53.7. The van der Waals surface area contributed by atoms with Crippen LogP contribution in [-0.4, -0.2) is 22.5 Å². The van der Waals surface area contributed by atoms with Crippen LogP contribution in [0.3, 0.4) is 0 Å². The maximum atomic E-state index is 14.2. The summed E-state index contributed by atoms with van der Waals surface area (Å²) in [6.07, 6.45) is 0. The lowest BCUT2D eigenvalue weighted by Gasteiger charge is -2.35. The fraction of sp³-hybridized carbons (Fsp3) is 0.207. The monoisotopic (exact) mass is 478 g/mol. The Hall–Kier alpha value is -4.39. The van der Waals surface area contributed by atoms with Gasteiger partial charge in [-0.05, 0) is 48.3 Å². The van der Waals surface area contributed by atoms with Crippen LogP contribution in [0.15, 0.2) is 84.9 Å². The first kappa shape index (κ1) is 22.1. The summed E-state index contributed by atoms with van der Waals surface area (Å²) in [7, 11) is 0. The second kappa shape index (κ2) is 7.31. The van der Waals surface area contributed by atoms with Crippen molar-refractivity contribution >= 4 is 40.1 Å². The van der Waals surface area contributed by atoms with E-state index in [1.54, 1.807) is 13.8 Å². The zero-order chi connectivity index (χ0) is 25.4. The molecule has 1 aliphatic heterocycles. The molecule has 1 saturated carbocycles. The third kappa shape index (κ3) is 2.54. The Morgan fingerprint density at radius 3 is 1.50 bits per heavy atom. The molecule has 0 radical (unpaired) electrons. The van der Waals surface area contributed by atoms with Gasteiger partial charge in [0, 0.05) is 12.1 Å². The molecule has 3 aromatic carbocycles. The third-order valence-corrected chi connectivity index (χ3v) is 8.23. The van der Waals surface area contributed by atoms with Gasteiger partial charge in [-0.1, -0.05) is 60.7 Å². The number of non-ortho nitro benzene ring substituents is 1. The molecular weight excluding hydrogens is 456 g/mol. The molecule has 6 rings (SSSR count). The first-order valence-corrected chi connectivity index (χ1v) is 11.8. The number of carbonyl (C=O) groups excluding carboxylic acids is 3. The van der Waals surface area contributed by atoms with Crippen LogP contribution in [0.2, 0.25) is 0 Å². The number of benzene rings is 3. The molecule has 3 aromatic rings. The number of nitrogens with zero attached hydrogens (tertiary/aromatic N) is 2. The SMILES string of the molecule is C[C@@]12C(=O)[C@@](C)(C(c3ccccc3)=C1c1ccccc1)[C@H]1C(=O)N(c3ccc([N+](=O)[O-])cc3)C(=O)[C@H]12. The van der Waals surface area contributed by atoms with E-state index in [0.717, 1.165) is 27.2 Å². The van der Waals surface area contributed by atoms with Gasteiger partial charge in [0.1, 0.15) is 0 Å². The van der Waals surface area contributed by atoms with E-state index in [1.807, 2.05) is 60.7 Å². The maximum Gasteiger partial charge on any atom is 0.269 e. The summed E-state index contributed by atoms with van der Waals surface area (Å²) >= 11 is 0. The van der Waals surface area contributed by atoms with Gasteiger partial charge in [0.2, 0.25) is 11.8 Å². The first-order valence-electron chi connectivity index (χ1n) is 11.8. The summed E-state index contributed by atoms with van der Waals surface area (Å²) in [6, 6.07) is 24.5. The van der Waals surface area contributed by atoms with Crippen molar-refractivity contribution in [3.8, 4) is 0 Å². The van der Waals surface area contributed by atoms with Crippen molar-refractivity contribution in [2.45, 2.75) is 13.8 Å². The number of imide groups is 1. The summed E-state index contributed by atoms with van der Waals surface area (Å²) < 4.78 is 0. The molecule has 2 amide bonds. The lowest BCUT2D eigenvalue weighted by atomic mass is 9.63. The molecule has 2 fully saturated rings. The number of allylic oxidation sites excluding steroid dienone is 2. The lowest BCUT2D eigenvalue weighted by molar-refractivity contribution is -0.384. The lowest BCUT2D eigenvalue weighted by Crippen LogP contribution is -2.40. The number of Topliss-reactive ketones (excluding diaryl/α,β-unsaturated/α-hetero) is 1. The zero-order valence-corrected chi connectivity index (χ0v) is 19.7. The summed E-state index contributed by atoms with van der Waals surface area (Å²) in [5.74, 6) is -2.73. The molecule has 0 N–H and O–H groups in total. The molecule has 178 valence electrons. The molecule has 4 atom stereocenters. The average molecular weight is 479 g/mol. The largest absolute Gasteiger partial charge is 0.298 e. The Kier molecular flexibility index (Phi) is 4.48. The van der Waals surface area contributed by atoms with Crippen LogP contribution < -0.4 is 4.90 Å². The Balaban J connectivity index is 1.57. The molecule has 1 heterocycles. The van der Waals surface area contributed by atoms with Crippen LogP contribution in [0.25, 0.3) is 11.1 Å². The van der Waals surface area contributed by atoms with Gasteiger partial charge in [-0.2, -0.15) is 0 Å². The van der Waals surface area contributed by atoms with E-state index in [2.05, 4.69) is 0 Å². The standard InChI is InChI=1S/C29H22N2O5/c1-28-21(17-9-5-3-6-10-17)22(18-11-7-4-8-12-18)29(2,27(28)34)24-23(28)25(32)30(26(24)33)19-13-15-20(16-14-19)31(35)36/h3-16,23-24H,1-2H3/t23-,24+,28+,29-. The van der Waals surface area contributed by atoms with Gasteiger partial charge in [-0.3, -0.25) is 24.5 Å². The van der Waals surface area contributed by atoms with Crippen molar-refractivity contribution in [2.75, 3.05) is 4.90 Å². The third-order valence-electron chi connectivity index (χ3n) is 8.23. The van der Waals surface area contributed by atoms with E-state index in [9.17, 15) is 24.5 Å². The van der Waals surface area contributed by atoms with Crippen LogP contribution in [0.4, 0.5) is 11.4 Å². The molecule has 0 unspecified atom stereocenters. The number of fused-ring (bicyclic) bond motifs is 5. The molecule has 36 heavy (non-hydrogen) atoms. The van der Waals surface area contributed by atoms with E-state index in [4.69, 9.17) is 0 Å². The highest BCUT2D eigenvalue weighted by atomic mass is 16.6. The highest BCUT2D eigenvalue weighted by molar-refractivity contribution is 6.34. The minimum Gasteiger partial charge on any atom is -0.298 e. The molecule has 7 heteroatoms. The van der Waals surface area contributed by atoms with Crippen LogP contribution in [0, 0.1) is 32.8 Å². The Morgan fingerprint density at radius 1 is 0.694 bits per heavy atom. The van der Waals surface area contributed by atoms with Crippen molar-refractivity contribution in [1.29, 1.82) is 0 Å². The molecule has 0 spiro atoms.